The second-order valence-electron chi connectivity index (χ2n) is 7.72. The third-order valence-electron chi connectivity index (χ3n) is 5.75. The van der Waals surface area contributed by atoms with E-state index in [2.05, 4.69) is 4.98 Å². The van der Waals surface area contributed by atoms with Crippen molar-refractivity contribution < 1.29 is 5.11 Å². The number of benzene rings is 1. The lowest BCUT2D eigenvalue weighted by atomic mass is 9.85. The van der Waals surface area contributed by atoms with Crippen LogP contribution >= 0.6 is 23.2 Å². The summed E-state index contributed by atoms with van der Waals surface area (Å²) in [5.74, 6) is 0. The van der Waals surface area contributed by atoms with Crippen LogP contribution in [0, 0.1) is 11.3 Å². The van der Waals surface area contributed by atoms with E-state index in [-0.39, 0.29) is 11.1 Å². The normalized spacial score (nSPS) is 15.9. The number of aromatic nitrogens is 2. The molecule has 0 radical (unpaired) electrons. The van der Waals surface area contributed by atoms with Crippen molar-refractivity contribution in [3.63, 3.8) is 0 Å². The van der Waals surface area contributed by atoms with E-state index in [9.17, 15) is 15.2 Å². The van der Waals surface area contributed by atoms with Crippen molar-refractivity contribution in [3.05, 3.63) is 68.1 Å². The number of hydrogen-bond donors (Lipinski definition) is 1. The molecule has 0 bridgehead atoms. The number of nitrogens with zero attached hydrogens (tertiary/aromatic N) is 4. The van der Waals surface area contributed by atoms with E-state index in [4.69, 9.17) is 23.2 Å². The maximum atomic E-state index is 12.8. The molecule has 0 atom stereocenters. The summed E-state index contributed by atoms with van der Waals surface area (Å²) in [5, 5.41) is 21.8. The van der Waals surface area contributed by atoms with Crippen LogP contribution in [0.1, 0.15) is 24.0 Å². The number of aliphatic hydroxyl groups is 1. The van der Waals surface area contributed by atoms with Crippen LogP contribution in [-0.2, 0) is 13.5 Å². The van der Waals surface area contributed by atoms with Crippen molar-refractivity contribution in [3.8, 4) is 6.07 Å². The van der Waals surface area contributed by atoms with E-state index < -0.39 is 5.60 Å². The molecule has 3 heterocycles. The summed E-state index contributed by atoms with van der Waals surface area (Å²) < 4.78 is 1.42. The number of aryl methyl sites for hydroxylation is 1. The number of halogens is 2. The summed E-state index contributed by atoms with van der Waals surface area (Å²) in [6.45, 7) is 0.991. The molecular formula is C22H20Cl2N4O2. The highest BCUT2D eigenvalue weighted by Crippen LogP contribution is 2.34. The average Bonchev–Trinajstić information content (AvgIpc) is 2.73. The predicted molar refractivity (Wildman–Crippen MR) is 118 cm³/mol. The topological polar surface area (TPSA) is 82.2 Å². The van der Waals surface area contributed by atoms with Crippen LogP contribution in [-0.4, -0.2) is 33.3 Å². The first-order valence-electron chi connectivity index (χ1n) is 9.62. The Hall–Kier alpha value is -2.59. The van der Waals surface area contributed by atoms with Crippen LogP contribution in [0.5, 0.6) is 0 Å². The third-order valence-corrected chi connectivity index (χ3v) is 6.21. The van der Waals surface area contributed by atoms with Gasteiger partial charge in [-0.15, -0.1) is 0 Å². The van der Waals surface area contributed by atoms with Gasteiger partial charge in [0.1, 0.15) is 22.3 Å². The van der Waals surface area contributed by atoms with Gasteiger partial charge in [-0.3, -0.25) is 4.79 Å². The van der Waals surface area contributed by atoms with E-state index in [0.717, 1.165) is 5.56 Å². The highest BCUT2D eigenvalue weighted by molar-refractivity contribution is 6.30. The Kier molecular flexibility index (Phi) is 5.46. The fourth-order valence-electron chi connectivity index (χ4n) is 4.08. The molecule has 1 aliphatic rings. The fourth-order valence-corrected chi connectivity index (χ4v) is 4.36. The molecule has 0 saturated carbocycles. The monoisotopic (exact) mass is 442 g/mol. The standard InChI is InChI=1S/C22H20Cl2N4O2/c1-27-17-6-7-18(24)26-19(17)20(16(13-25)21(27)29)28-10-8-22(30,9-11-28)12-14-2-4-15(23)5-3-14/h2-7,30H,8-12H2,1H3. The highest BCUT2D eigenvalue weighted by atomic mass is 35.5. The van der Waals surface area contributed by atoms with Gasteiger partial charge in [0.05, 0.1) is 16.8 Å². The molecule has 1 saturated heterocycles. The molecular weight excluding hydrogens is 423 g/mol. The predicted octanol–water partition coefficient (Wildman–Crippen LogP) is 3.69. The van der Waals surface area contributed by atoms with Crippen LogP contribution in [0.2, 0.25) is 10.2 Å². The lowest BCUT2D eigenvalue weighted by Crippen LogP contribution is -2.46. The van der Waals surface area contributed by atoms with Gasteiger partial charge in [-0.05, 0) is 42.7 Å². The van der Waals surface area contributed by atoms with Gasteiger partial charge in [-0.2, -0.15) is 5.26 Å². The van der Waals surface area contributed by atoms with E-state index in [0.29, 0.717) is 59.2 Å². The van der Waals surface area contributed by atoms with Gasteiger partial charge in [0, 0.05) is 31.6 Å². The SMILES string of the molecule is Cn1c(=O)c(C#N)c(N2CCC(O)(Cc3ccc(Cl)cc3)CC2)c2nc(Cl)ccc21. The van der Waals surface area contributed by atoms with Crippen molar-refractivity contribution >= 4 is 39.9 Å². The Bertz CT molecular complexity index is 1210. The minimum absolute atomic E-state index is 0.0444. The van der Waals surface area contributed by atoms with Gasteiger partial charge in [-0.25, -0.2) is 4.98 Å². The maximum absolute atomic E-state index is 12.8. The van der Waals surface area contributed by atoms with Gasteiger partial charge >= 0.3 is 0 Å². The highest BCUT2D eigenvalue weighted by Gasteiger charge is 2.34. The minimum Gasteiger partial charge on any atom is -0.389 e. The average molecular weight is 443 g/mol. The maximum Gasteiger partial charge on any atom is 0.270 e. The van der Waals surface area contributed by atoms with E-state index in [1.807, 2.05) is 35.2 Å². The minimum atomic E-state index is -0.863. The first-order chi connectivity index (χ1) is 14.3. The van der Waals surface area contributed by atoms with Gasteiger partial charge in [0.25, 0.3) is 5.56 Å². The zero-order valence-electron chi connectivity index (χ0n) is 16.4. The molecule has 0 unspecified atom stereocenters. The van der Waals surface area contributed by atoms with Crippen molar-refractivity contribution in [2.75, 3.05) is 18.0 Å². The summed E-state index contributed by atoms with van der Waals surface area (Å²) in [5.41, 5.74) is 1.45. The zero-order chi connectivity index (χ0) is 21.5. The van der Waals surface area contributed by atoms with Crippen LogP contribution in [0.25, 0.3) is 11.0 Å². The molecule has 1 N–H and O–H groups in total. The Morgan fingerprint density at radius 1 is 1.17 bits per heavy atom. The quantitative estimate of drug-likeness (QED) is 0.625. The Labute approximate surface area is 183 Å². The molecule has 4 rings (SSSR count). The molecule has 1 aromatic carbocycles. The van der Waals surface area contributed by atoms with Crippen LogP contribution in [0.4, 0.5) is 5.69 Å². The van der Waals surface area contributed by atoms with Gasteiger partial charge in [0.2, 0.25) is 0 Å². The van der Waals surface area contributed by atoms with Gasteiger partial charge < -0.3 is 14.6 Å². The largest absolute Gasteiger partial charge is 0.389 e. The van der Waals surface area contributed by atoms with Crippen LogP contribution in [0.15, 0.2) is 41.2 Å². The third kappa shape index (κ3) is 3.77. The number of rotatable bonds is 3. The summed E-state index contributed by atoms with van der Waals surface area (Å²) in [7, 11) is 1.62. The number of pyridine rings is 2. The van der Waals surface area contributed by atoms with E-state index >= 15 is 0 Å². The number of fused-ring (bicyclic) bond motifs is 1. The molecule has 2 aromatic heterocycles. The van der Waals surface area contributed by atoms with Crippen molar-refractivity contribution in [2.45, 2.75) is 24.9 Å². The van der Waals surface area contributed by atoms with Crippen molar-refractivity contribution in [1.82, 2.24) is 9.55 Å². The Morgan fingerprint density at radius 3 is 2.47 bits per heavy atom. The van der Waals surface area contributed by atoms with E-state index in [1.54, 1.807) is 19.2 Å². The second-order valence-corrected chi connectivity index (χ2v) is 8.54. The first kappa shape index (κ1) is 20.7. The smallest absolute Gasteiger partial charge is 0.270 e. The van der Waals surface area contributed by atoms with E-state index in [1.165, 1.54) is 4.57 Å². The first-order valence-corrected chi connectivity index (χ1v) is 10.4. The van der Waals surface area contributed by atoms with Crippen LogP contribution < -0.4 is 10.5 Å². The van der Waals surface area contributed by atoms with Gasteiger partial charge in [-0.1, -0.05) is 35.3 Å². The lowest BCUT2D eigenvalue weighted by Gasteiger charge is -2.40. The Balaban J connectivity index is 1.67. The molecule has 30 heavy (non-hydrogen) atoms. The van der Waals surface area contributed by atoms with Crippen molar-refractivity contribution in [1.29, 1.82) is 5.26 Å². The number of anilines is 1. The lowest BCUT2D eigenvalue weighted by molar-refractivity contribution is 0.0165. The molecule has 3 aromatic rings. The fraction of sp³-hybridized carbons (Fsp3) is 0.318. The van der Waals surface area contributed by atoms with Crippen LogP contribution in [0.3, 0.4) is 0 Å². The molecule has 1 fully saturated rings. The molecule has 0 aliphatic carbocycles. The molecule has 1 aliphatic heterocycles. The zero-order valence-corrected chi connectivity index (χ0v) is 17.9. The molecule has 6 nitrogen and oxygen atoms in total. The summed E-state index contributed by atoms with van der Waals surface area (Å²) in [4.78, 5) is 19.1. The van der Waals surface area contributed by atoms with Gasteiger partial charge in [0.15, 0.2) is 0 Å². The Morgan fingerprint density at radius 2 is 1.83 bits per heavy atom. The molecule has 154 valence electrons. The molecule has 0 amide bonds. The summed E-state index contributed by atoms with van der Waals surface area (Å²) in [6.07, 6.45) is 1.51. The molecule has 0 spiro atoms. The van der Waals surface area contributed by atoms with Crippen molar-refractivity contribution in [2.24, 2.45) is 7.05 Å². The second kappa shape index (κ2) is 7.92. The number of hydrogen-bond acceptors (Lipinski definition) is 5. The molecule has 8 heteroatoms. The summed E-state index contributed by atoms with van der Waals surface area (Å²) in [6, 6.07) is 12.9. The number of piperidine rings is 1. The summed E-state index contributed by atoms with van der Waals surface area (Å²) >= 11 is 12.1. The number of nitriles is 1.